The van der Waals surface area contributed by atoms with Crippen molar-refractivity contribution >= 4 is 11.9 Å². The van der Waals surface area contributed by atoms with Gasteiger partial charge in [-0.3, -0.25) is 4.79 Å². The Morgan fingerprint density at radius 3 is 2.67 bits per heavy atom. The highest BCUT2D eigenvalue weighted by molar-refractivity contribution is 5.95. The number of hydrogen-bond acceptors (Lipinski definition) is 4. The molecule has 1 aliphatic rings. The van der Waals surface area contributed by atoms with E-state index < -0.39 is 12.1 Å². The van der Waals surface area contributed by atoms with Crippen molar-refractivity contribution in [2.24, 2.45) is 0 Å². The Balaban J connectivity index is 1.82. The monoisotopic (exact) mass is 329 g/mol. The highest BCUT2D eigenvalue weighted by Crippen LogP contribution is 2.42. The molecule has 1 saturated carbocycles. The van der Waals surface area contributed by atoms with Crippen LogP contribution in [-0.2, 0) is 9.53 Å². The smallest absolute Gasteiger partial charge is 0.334 e. The zero-order chi connectivity index (χ0) is 17.1. The van der Waals surface area contributed by atoms with Crippen LogP contribution in [0.3, 0.4) is 0 Å². The van der Waals surface area contributed by atoms with E-state index in [2.05, 4.69) is 10.4 Å². The van der Waals surface area contributed by atoms with Crippen LogP contribution in [0, 0.1) is 0 Å². The predicted molar refractivity (Wildman–Crippen MR) is 86.3 cm³/mol. The number of carbonyl (C=O) groups excluding carboxylic acids is 1. The number of ether oxygens (including phenoxy) is 1. The molecule has 1 aromatic carbocycles. The lowest BCUT2D eigenvalue weighted by atomic mass is 10.1. The summed E-state index contributed by atoms with van der Waals surface area (Å²) in [6.07, 6.45) is 2.52. The Hall–Kier alpha value is -2.67. The number of rotatable bonds is 7. The molecule has 7 nitrogen and oxygen atoms in total. The lowest BCUT2D eigenvalue weighted by Crippen LogP contribution is -2.38. The molecule has 7 heteroatoms. The summed E-state index contributed by atoms with van der Waals surface area (Å²) in [5.74, 6) is -1.13. The third-order valence-corrected chi connectivity index (χ3v) is 4.02. The van der Waals surface area contributed by atoms with Gasteiger partial charge in [0.2, 0.25) is 0 Å². The summed E-state index contributed by atoms with van der Waals surface area (Å²) < 4.78 is 6.62. The standard InChI is InChI=1S/C17H19N3O4/c1-24-14(17(22)23)10-18-16(21)13-9-19-20(15(13)11-7-8-11)12-5-3-2-4-6-12/h2-6,9,11,14H,7-8,10H2,1H3,(H,18,21)(H,22,23). The second kappa shape index (κ2) is 6.84. The molecule has 2 aromatic rings. The van der Waals surface area contributed by atoms with Crippen LogP contribution in [0.2, 0.25) is 0 Å². The lowest BCUT2D eigenvalue weighted by molar-refractivity contribution is -0.148. The van der Waals surface area contributed by atoms with Gasteiger partial charge in [0.05, 0.1) is 29.7 Å². The molecule has 0 bridgehead atoms. The summed E-state index contributed by atoms with van der Waals surface area (Å²) in [6.45, 7) is -0.0920. The zero-order valence-corrected chi connectivity index (χ0v) is 13.3. The Kier molecular flexibility index (Phi) is 4.61. The van der Waals surface area contributed by atoms with Crippen molar-refractivity contribution in [1.29, 1.82) is 0 Å². The van der Waals surface area contributed by atoms with Gasteiger partial charge in [-0.15, -0.1) is 0 Å². The number of benzene rings is 1. The maximum atomic E-state index is 12.5. The first-order chi connectivity index (χ1) is 11.6. The van der Waals surface area contributed by atoms with E-state index in [-0.39, 0.29) is 12.5 Å². The van der Waals surface area contributed by atoms with Gasteiger partial charge in [-0.25, -0.2) is 9.48 Å². The van der Waals surface area contributed by atoms with Crippen molar-refractivity contribution in [3.63, 3.8) is 0 Å². The number of nitrogens with one attached hydrogen (secondary N) is 1. The molecule has 1 amide bonds. The first-order valence-electron chi connectivity index (χ1n) is 7.79. The van der Waals surface area contributed by atoms with Crippen LogP contribution in [0.25, 0.3) is 5.69 Å². The summed E-state index contributed by atoms with van der Waals surface area (Å²) in [5.41, 5.74) is 2.27. The SMILES string of the molecule is COC(CNC(=O)c1cnn(-c2ccccc2)c1C1CC1)C(=O)O. The van der Waals surface area contributed by atoms with Gasteiger partial charge in [0.15, 0.2) is 6.10 Å². The maximum Gasteiger partial charge on any atom is 0.334 e. The number of carbonyl (C=O) groups is 2. The molecule has 24 heavy (non-hydrogen) atoms. The minimum absolute atomic E-state index is 0.0920. The predicted octanol–water partition coefficient (Wildman–Crippen LogP) is 1.58. The minimum Gasteiger partial charge on any atom is -0.479 e. The van der Waals surface area contributed by atoms with Gasteiger partial charge in [-0.2, -0.15) is 5.10 Å². The van der Waals surface area contributed by atoms with Crippen molar-refractivity contribution in [2.45, 2.75) is 24.9 Å². The van der Waals surface area contributed by atoms with E-state index in [4.69, 9.17) is 9.84 Å². The first kappa shape index (κ1) is 16.2. The molecule has 1 aromatic heterocycles. The number of aliphatic carboxylic acids is 1. The fourth-order valence-electron chi connectivity index (χ4n) is 2.61. The summed E-state index contributed by atoms with van der Waals surface area (Å²) in [6, 6.07) is 9.64. The largest absolute Gasteiger partial charge is 0.479 e. The van der Waals surface area contributed by atoms with Gasteiger partial charge in [0, 0.05) is 13.0 Å². The number of carboxylic acids is 1. The van der Waals surface area contributed by atoms with E-state index in [9.17, 15) is 9.59 Å². The molecule has 1 fully saturated rings. The van der Waals surface area contributed by atoms with E-state index in [1.165, 1.54) is 7.11 Å². The molecule has 1 atom stereocenters. The molecule has 1 unspecified atom stereocenters. The van der Waals surface area contributed by atoms with Crippen LogP contribution in [-0.4, -0.2) is 46.5 Å². The minimum atomic E-state index is -1.11. The van der Waals surface area contributed by atoms with E-state index >= 15 is 0 Å². The van der Waals surface area contributed by atoms with Gasteiger partial charge >= 0.3 is 5.97 Å². The summed E-state index contributed by atoms with van der Waals surface area (Å²) in [7, 11) is 1.30. The number of methoxy groups -OCH3 is 1. The van der Waals surface area contributed by atoms with Gasteiger partial charge in [0.1, 0.15) is 0 Å². The van der Waals surface area contributed by atoms with Crippen molar-refractivity contribution in [2.75, 3.05) is 13.7 Å². The fourth-order valence-corrected chi connectivity index (χ4v) is 2.61. The molecule has 2 N–H and O–H groups in total. The van der Waals surface area contributed by atoms with Crippen molar-refractivity contribution in [3.05, 3.63) is 47.8 Å². The highest BCUT2D eigenvalue weighted by atomic mass is 16.5. The number of para-hydroxylation sites is 1. The van der Waals surface area contributed by atoms with Gasteiger partial charge in [0.25, 0.3) is 5.91 Å². The Bertz CT molecular complexity index is 738. The number of carboxylic acid groups (broad SMARTS) is 1. The third kappa shape index (κ3) is 3.30. The first-order valence-corrected chi connectivity index (χ1v) is 7.79. The summed E-state index contributed by atoms with van der Waals surface area (Å²) >= 11 is 0. The molecular formula is C17H19N3O4. The van der Waals surface area contributed by atoms with Crippen LogP contribution in [0.1, 0.15) is 34.8 Å². The highest BCUT2D eigenvalue weighted by Gasteiger charge is 2.33. The topological polar surface area (TPSA) is 93.5 Å². The number of amides is 1. The van der Waals surface area contributed by atoms with E-state index in [1.54, 1.807) is 10.9 Å². The lowest BCUT2D eigenvalue weighted by Gasteiger charge is -2.12. The van der Waals surface area contributed by atoms with E-state index in [1.807, 2.05) is 30.3 Å². The third-order valence-electron chi connectivity index (χ3n) is 4.02. The summed E-state index contributed by atoms with van der Waals surface area (Å²) in [5, 5.41) is 15.9. The van der Waals surface area contributed by atoms with Gasteiger partial charge in [-0.05, 0) is 25.0 Å². The number of hydrogen-bond donors (Lipinski definition) is 2. The van der Waals surface area contributed by atoms with Crippen molar-refractivity contribution in [3.8, 4) is 5.69 Å². The van der Waals surface area contributed by atoms with E-state index in [0.717, 1.165) is 24.2 Å². The normalized spacial score (nSPS) is 15.0. The molecule has 0 radical (unpaired) electrons. The maximum absolute atomic E-state index is 12.5. The fraction of sp³-hybridized carbons (Fsp3) is 0.353. The number of aromatic nitrogens is 2. The quantitative estimate of drug-likeness (QED) is 0.804. The van der Waals surface area contributed by atoms with Crippen molar-refractivity contribution in [1.82, 2.24) is 15.1 Å². The Morgan fingerprint density at radius 2 is 2.08 bits per heavy atom. The van der Waals surface area contributed by atoms with Gasteiger partial charge in [-0.1, -0.05) is 18.2 Å². The van der Waals surface area contributed by atoms with Crippen LogP contribution in [0.4, 0.5) is 0 Å². The second-order valence-corrected chi connectivity index (χ2v) is 5.74. The van der Waals surface area contributed by atoms with Crippen molar-refractivity contribution < 1.29 is 19.4 Å². The van der Waals surface area contributed by atoms with Gasteiger partial charge < -0.3 is 15.2 Å². The van der Waals surface area contributed by atoms with Crippen LogP contribution < -0.4 is 5.32 Å². The summed E-state index contributed by atoms with van der Waals surface area (Å²) in [4.78, 5) is 23.4. The molecule has 0 saturated heterocycles. The number of nitrogens with zero attached hydrogens (tertiary/aromatic N) is 2. The molecule has 126 valence electrons. The van der Waals surface area contributed by atoms with Crippen LogP contribution >= 0.6 is 0 Å². The van der Waals surface area contributed by atoms with Crippen LogP contribution in [0.15, 0.2) is 36.5 Å². The average Bonchev–Trinajstić information content (AvgIpc) is 3.33. The molecule has 1 aliphatic carbocycles. The Morgan fingerprint density at radius 1 is 1.38 bits per heavy atom. The Labute approximate surface area is 139 Å². The molecule has 1 heterocycles. The second-order valence-electron chi connectivity index (χ2n) is 5.74. The average molecular weight is 329 g/mol. The zero-order valence-electron chi connectivity index (χ0n) is 13.3. The molecule has 0 spiro atoms. The van der Waals surface area contributed by atoms with E-state index in [0.29, 0.717) is 11.5 Å². The molecule has 3 rings (SSSR count). The van der Waals surface area contributed by atoms with Crippen LogP contribution in [0.5, 0.6) is 0 Å². The molecule has 0 aliphatic heterocycles. The molecular weight excluding hydrogens is 310 g/mol.